The molecule has 0 spiro atoms. The van der Waals surface area contributed by atoms with Gasteiger partial charge < -0.3 is 27.4 Å². The summed E-state index contributed by atoms with van der Waals surface area (Å²) >= 11 is 1.87. The van der Waals surface area contributed by atoms with Gasteiger partial charge in [-0.3, -0.25) is 0 Å². The molecule has 2 aliphatic rings. The predicted molar refractivity (Wildman–Crippen MR) is 615 cm³/mol. The van der Waals surface area contributed by atoms with Crippen LogP contribution in [0.25, 0.3) is 252 Å². The number of nitrogens with zero attached hydrogens (tertiary/aromatic N) is 6. The van der Waals surface area contributed by atoms with Crippen LogP contribution in [0.2, 0.25) is 0 Å². The average Bonchev–Trinajstić information content (AvgIpc) is 1.56. The Labute approximate surface area is 842 Å². The Bertz CT molecular complexity index is 10400. The zero-order valence-corrected chi connectivity index (χ0v) is 81.3. The zero-order chi connectivity index (χ0) is 96.0. The summed E-state index contributed by atoms with van der Waals surface area (Å²) in [4.78, 5) is 0. The highest BCUT2D eigenvalue weighted by atomic mass is 32.1. The van der Waals surface area contributed by atoms with Crippen LogP contribution in [0.1, 0.15) is 49.9 Å². The van der Waals surface area contributed by atoms with Gasteiger partial charge in [0.15, 0.2) is 0 Å². The highest BCUT2D eigenvalue weighted by Crippen LogP contribution is 2.56. The number of fused-ring (bicyclic) bond motifs is 27. The smallest absolute Gasteiger partial charge is 0.0555 e. The third-order valence-corrected chi connectivity index (χ3v) is 32.7. The lowest BCUT2D eigenvalue weighted by Gasteiger charge is -2.21. The van der Waals surface area contributed by atoms with Crippen molar-refractivity contribution in [2.45, 2.75) is 38.5 Å². The average molecular weight is 1870 g/mol. The van der Waals surface area contributed by atoms with Gasteiger partial charge in [-0.2, -0.15) is 0 Å². The first-order valence-electron chi connectivity index (χ1n) is 50.3. The maximum absolute atomic E-state index is 2.49. The summed E-state index contributed by atoms with van der Waals surface area (Å²) in [5.74, 6) is 0. The molecule has 22 aromatic carbocycles. The summed E-state index contributed by atoms with van der Waals surface area (Å²) in [6.07, 6.45) is 0. The summed E-state index contributed by atoms with van der Waals surface area (Å²) in [5, 5.41) is 17.9. The Hall–Kier alpha value is -18.1. The molecular formula is C138H94N6S. The summed E-state index contributed by atoms with van der Waals surface area (Å²) in [6.45, 7) is 9.42. The van der Waals surface area contributed by atoms with Crippen LogP contribution >= 0.6 is 11.3 Å². The zero-order valence-electron chi connectivity index (χ0n) is 80.4. The van der Waals surface area contributed by atoms with Crippen LogP contribution < -0.4 is 0 Å². The van der Waals surface area contributed by atoms with E-state index in [9.17, 15) is 0 Å². The van der Waals surface area contributed by atoms with Crippen LogP contribution in [-0.4, -0.2) is 27.4 Å². The van der Waals surface area contributed by atoms with Gasteiger partial charge in [-0.1, -0.05) is 349 Å². The van der Waals surface area contributed by atoms with E-state index in [1.54, 1.807) is 0 Å². The van der Waals surface area contributed by atoms with Crippen molar-refractivity contribution in [1.82, 2.24) is 27.4 Å². The molecule has 0 radical (unpaired) electrons. The maximum Gasteiger partial charge on any atom is 0.0555 e. The van der Waals surface area contributed by atoms with Crippen LogP contribution in [0, 0.1) is 0 Å². The Morgan fingerprint density at radius 2 is 0.400 bits per heavy atom. The minimum atomic E-state index is -0.0543. The molecule has 0 amide bonds. The molecule has 0 bridgehead atoms. The van der Waals surface area contributed by atoms with Crippen molar-refractivity contribution >= 4 is 162 Å². The minimum Gasteiger partial charge on any atom is -0.309 e. The molecule has 0 aliphatic heterocycles. The van der Waals surface area contributed by atoms with Crippen LogP contribution in [-0.2, 0) is 10.8 Å². The molecule has 0 fully saturated rings. The summed E-state index contributed by atoms with van der Waals surface area (Å²) in [6, 6.07) is 183. The first-order valence-corrected chi connectivity index (χ1v) is 51.2. The monoisotopic (exact) mass is 1870 g/mol. The van der Waals surface area contributed by atoms with Gasteiger partial charge in [-0.15, -0.1) is 11.3 Å². The van der Waals surface area contributed by atoms with Gasteiger partial charge in [0, 0.05) is 124 Å². The Balaban J connectivity index is 0.000000104. The quantitative estimate of drug-likeness (QED) is 0.131. The Morgan fingerprint density at radius 1 is 0.159 bits per heavy atom. The standard InChI is InChI=1S/C51H36N2.C45H32N2.C42H26N2S/c1-51(2)43-18-9-6-17-40(43)50-44(51)19-12-22-49(50)53-46-21-11-8-16-39(46)42-32-36(26-30-48(42)53)35-25-29-47-41(31-35)38-15-7-10-20-45(38)52(47)37-27-23-34(24-28-37)33-13-4-3-5-14-33;1-45(2)37-18-9-6-17-34(37)44-38(45)19-12-22-43(44)47-40-21-11-8-16-33(40)36-28-30(24-26-42(36)47)29-23-25-41-35(27-29)32-15-7-10-20-39(32)46(41)31-13-4-3-5-14-31;1-2-11-29(12-3-1)43-35-16-7-4-13-30(35)33-25-27(21-23-37(33)43)28-22-24-38-34(26-28)31-14-5-8-17-36(31)44(38)39-18-10-20-41-42(39)32-15-6-9-19-40(32)45-41/h3-32H,1-2H3;3-28H,1-2H3;1-26H. The van der Waals surface area contributed by atoms with Gasteiger partial charge in [-0.25, -0.2) is 0 Å². The van der Waals surface area contributed by atoms with Gasteiger partial charge in [0.1, 0.15) is 0 Å². The number of aromatic nitrogens is 6. The van der Waals surface area contributed by atoms with Crippen molar-refractivity contribution in [3.8, 4) is 101 Å². The third-order valence-electron chi connectivity index (χ3n) is 31.6. The molecule has 7 aromatic heterocycles. The van der Waals surface area contributed by atoms with E-state index in [1.807, 2.05) is 11.3 Å². The van der Waals surface area contributed by atoms with Crippen molar-refractivity contribution in [3.63, 3.8) is 0 Å². The minimum absolute atomic E-state index is 0.0455. The van der Waals surface area contributed by atoms with Crippen molar-refractivity contribution < 1.29 is 0 Å². The lowest BCUT2D eigenvalue weighted by Crippen LogP contribution is -2.14. The first-order chi connectivity index (χ1) is 71.5. The topological polar surface area (TPSA) is 29.6 Å². The number of hydrogen-bond acceptors (Lipinski definition) is 1. The molecule has 7 heterocycles. The highest BCUT2D eigenvalue weighted by molar-refractivity contribution is 7.26. The molecule has 145 heavy (non-hydrogen) atoms. The highest BCUT2D eigenvalue weighted by Gasteiger charge is 2.40. The number of rotatable bonds is 10. The predicted octanol–water partition coefficient (Wildman–Crippen LogP) is 37.3. The van der Waals surface area contributed by atoms with E-state index in [0.717, 1.165) is 5.69 Å². The van der Waals surface area contributed by atoms with Crippen molar-refractivity contribution in [2.24, 2.45) is 0 Å². The van der Waals surface area contributed by atoms with Crippen molar-refractivity contribution in [3.05, 3.63) is 520 Å². The molecule has 6 nitrogen and oxygen atoms in total. The van der Waals surface area contributed by atoms with Crippen LogP contribution in [0.5, 0.6) is 0 Å². The fourth-order valence-corrected chi connectivity index (χ4v) is 26.0. The second kappa shape index (κ2) is 32.7. The summed E-state index contributed by atoms with van der Waals surface area (Å²) in [5.41, 5.74) is 42.6. The lowest BCUT2D eigenvalue weighted by atomic mass is 9.82. The van der Waals surface area contributed by atoms with Gasteiger partial charge in [-0.05, 0) is 254 Å². The molecule has 0 N–H and O–H groups in total. The number of para-hydroxylation sites is 8. The normalized spacial score (nSPS) is 12.9. The molecule has 0 unspecified atom stereocenters. The fraction of sp³-hybridized carbons (Fsp3) is 0.0435. The Morgan fingerprint density at radius 3 is 0.766 bits per heavy atom. The van der Waals surface area contributed by atoms with Crippen LogP contribution in [0.3, 0.4) is 0 Å². The van der Waals surface area contributed by atoms with Crippen LogP contribution in [0.15, 0.2) is 497 Å². The molecule has 0 saturated carbocycles. The molecule has 31 rings (SSSR count). The van der Waals surface area contributed by atoms with E-state index in [-0.39, 0.29) is 10.8 Å². The van der Waals surface area contributed by atoms with Crippen molar-refractivity contribution in [1.29, 1.82) is 0 Å². The van der Waals surface area contributed by atoms with Crippen LogP contribution in [0.4, 0.5) is 0 Å². The van der Waals surface area contributed by atoms with E-state index in [0.29, 0.717) is 0 Å². The van der Waals surface area contributed by atoms with E-state index in [4.69, 9.17) is 0 Å². The molecule has 0 atom stereocenters. The van der Waals surface area contributed by atoms with E-state index < -0.39 is 0 Å². The van der Waals surface area contributed by atoms with E-state index in [1.165, 1.54) is 268 Å². The third kappa shape index (κ3) is 12.9. The number of thiophene rings is 1. The number of hydrogen-bond donors (Lipinski definition) is 0. The van der Waals surface area contributed by atoms with Gasteiger partial charge in [0.2, 0.25) is 0 Å². The van der Waals surface area contributed by atoms with Crippen molar-refractivity contribution in [2.75, 3.05) is 0 Å². The Kier molecular flexibility index (Phi) is 18.9. The van der Waals surface area contributed by atoms with E-state index in [2.05, 4.69) is 553 Å². The molecule has 2 aliphatic carbocycles. The largest absolute Gasteiger partial charge is 0.309 e. The van der Waals surface area contributed by atoms with Gasteiger partial charge in [0.05, 0.1) is 83.3 Å². The summed E-state index contributed by atoms with van der Waals surface area (Å²) < 4.78 is 17.2. The van der Waals surface area contributed by atoms with Gasteiger partial charge >= 0.3 is 0 Å². The summed E-state index contributed by atoms with van der Waals surface area (Å²) in [7, 11) is 0. The molecule has 7 heteroatoms. The second-order valence-electron chi connectivity index (χ2n) is 40.1. The second-order valence-corrected chi connectivity index (χ2v) is 41.2. The van der Waals surface area contributed by atoms with E-state index >= 15 is 0 Å². The lowest BCUT2D eigenvalue weighted by molar-refractivity contribution is 0.660. The molecule has 682 valence electrons. The number of benzene rings is 22. The van der Waals surface area contributed by atoms with Gasteiger partial charge in [0.25, 0.3) is 0 Å². The maximum atomic E-state index is 2.49. The molecular weight excluding hydrogens is 1770 g/mol. The molecule has 0 saturated heterocycles. The molecule has 29 aromatic rings. The first kappa shape index (κ1) is 83.8. The SMILES string of the molecule is CC1(C)c2ccccc2-c2c(-n3c4ccccc4c4cc(-c5ccc6c(c5)c5ccccc5n6-c5ccc(-c6ccccc6)cc5)ccc43)cccc21.CC1(C)c2ccccc2-c2c(-n3c4ccccc4c4cc(-c5ccc6c(c5)c5ccccc5n6-c5ccccc5)ccc43)cccc21.c1ccc(-n2c3ccccc3c3cc(-c4ccc5c(c4)c4ccccc4n5-c4cccc5sc6ccccc6c45)ccc32)cc1. The fourth-order valence-electron chi connectivity index (χ4n) is 24.9.